The minimum atomic E-state index is 0.0394. The van der Waals surface area contributed by atoms with Gasteiger partial charge in [0, 0.05) is 21.2 Å². The second kappa shape index (κ2) is 5.62. The van der Waals surface area contributed by atoms with Gasteiger partial charge >= 0.3 is 0 Å². The summed E-state index contributed by atoms with van der Waals surface area (Å²) in [4.78, 5) is 11.8. The zero-order valence-corrected chi connectivity index (χ0v) is 12.6. The highest BCUT2D eigenvalue weighted by atomic mass is 32.2. The lowest BCUT2D eigenvalue weighted by Crippen LogP contribution is -2.20. The van der Waals surface area contributed by atoms with Crippen molar-refractivity contribution in [2.24, 2.45) is 5.92 Å². The summed E-state index contributed by atoms with van der Waals surface area (Å²) in [6, 6.07) is 0. The van der Waals surface area contributed by atoms with Gasteiger partial charge in [0.1, 0.15) is 0 Å². The van der Waals surface area contributed by atoms with Crippen LogP contribution in [0.15, 0.2) is 0 Å². The molecule has 0 spiro atoms. The molecule has 0 saturated carbocycles. The Bertz CT molecular complexity index is 211. The van der Waals surface area contributed by atoms with Gasteiger partial charge in [-0.2, -0.15) is 11.8 Å². The van der Waals surface area contributed by atoms with Crippen LogP contribution in [0.1, 0.15) is 48.5 Å². The van der Waals surface area contributed by atoms with E-state index < -0.39 is 0 Å². The highest BCUT2D eigenvalue weighted by Gasteiger charge is 2.23. The molecule has 0 aliphatic carbocycles. The molecule has 1 nitrogen and oxygen atoms in total. The standard InChI is InChI=1S/C12H24OS2/c1-9(8-14-11(2,3)4)10(13)15-12(5,6)7/h9H,8H2,1-7H3. The van der Waals surface area contributed by atoms with E-state index in [-0.39, 0.29) is 15.4 Å². The molecule has 0 aliphatic heterocycles. The lowest BCUT2D eigenvalue weighted by molar-refractivity contribution is -0.113. The van der Waals surface area contributed by atoms with E-state index in [0.29, 0.717) is 5.12 Å². The molecular weight excluding hydrogens is 224 g/mol. The third-order valence-electron chi connectivity index (χ3n) is 1.58. The van der Waals surface area contributed by atoms with Crippen molar-refractivity contribution in [3.63, 3.8) is 0 Å². The Hall–Kier alpha value is 0.370. The fourth-order valence-corrected chi connectivity index (χ4v) is 2.74. The fraction of sp³-hybridized carbons (Fsp3) is 0.917. The quantitative estimate of drug-likeness (QED) is 0.744. The van der Waals surface area contributed by atoms with Crippen molar-refractivity contribution in [1.29, 1.82) is 0 Å². The van der Waals surface area contributed by atoms with Gasteiger partial charge in [-0.1, -0.05) is 60.2 Å². The lowest BCUT2D eigenvalue weighted by atomic mass is 10.2. The number of carbonyl (C=O) groups excluding carboxylic acids is 1. The molecule has 0 aromatic rings. The summed E-state index contributed by atoms with van der Waals surface area (Å²) in [6.07, 6.45) is 0. The predicted octanol–water partition coefficient (Wildman–Crippen LogP) is 4.21. The van der Waals surface area contributed by atoms with Gasteiger partial charge in [0.2, 0.25) is 0 Å². The van der Waals surface area contributed by atoms with Crippen molar-refractivity contribution >= 4 is 28.6 Å². The first-order valence-corrected chi connectivity index (χ1v) is 7.18. The Morgan fingerprint density at radius 3 is 1.87 bits per heavy atom. The van der Waals surface area contributed by atoms with Crippen LogP contribution < -0.4 is 0 Å². The van der Waals surface area contributed by atoms with Gasteiger partial charge in [0.15, 0.2) is 5.12 Å². The van der Waals surface area contributed by atoms with Crippen LogP contribution in [0, 0.1) is 5.92 Å². The third kappa shape index (κ3) is 9.31. The summed E-state index contributed by atoms with van der Waals surface area (Å²) in [5, 5.41) is 0.319. The molecule has 0 rings (SSSR count). The Balaban J connectivity index is 4.01. The van der Waals surface area contributed by atoms with Gasteiger partial charge in [-0.25, -0.2) is 0 Å². The molecule has 0 heterocycles. The SMILES string of the molecule is CC(CSC(C)(C)C)C(=O)SC(C)(C)C. The third-order valence-corrected chi connectivity index (χ3v) is 4.32. The minimum absolute atomic E-state index is 0.0394. The average molecular weight is 248 g/mol. The molecule has 90 valence electrons. The van der Waals surface area contributed by atoms with Crippen LogP contribution in [0.4, 0.5) is 0 Å². The molecule has 3 heteroatoms. The number of hydrogen-bond acceptors (Lipinski definition) is 3. The van der Waals surface area contributed by atoms with Crippen LogP contribution >= 0.6 is 23.5 Å². The van der Waals surface area contributed by atoms with Crippen molar-refractivity contribution in [2.75, 3.05) is 5.75 Å². The van der Waals surface area contributed by atoms with Gasteiger partial charge in [0.25, 0.3) is 0 Å². The smallest absolute Gasteiger partial charge is 0.193 e. The van der Waals surface area contributed by atoms with Crippen molar-refractivity contribution in [1.82, 2.24) is 0 Å². The normalized spacial score (nSPS) is 15.1. The minimum Gasteiger partial charge on any atom is -0.287 e. The second-order valence-corrected chi connectivity index (χ2v) is 9.54. The van der Waals surface area contributed by atoms with Crippen LogP contribution in [0.2, 0.25) is 0 Å². The molecule has 0 aliphatic rings. The van der Waals surface area contributed by atoms with E-state index in [4.69, 9.17) is 0 Å². The molecule has 0 bridgehead atoms. The van der Waals surface area contributed by atoms with Crippen molar-refractivity contribution in [3.8, 4) is 0 Å². The molecular formula is C12H24OS2. The van der Waals surface area contributed by atoms with E-state index in [1.165, 1.54) is 11.8 Å². The Morgan fingerprint density at radius 2 is 1.53 bits per heavy atom. The van der Waals surface area contributed by atoms with Crippen molar-refractivity contribution < 1.29 is 4.79 Å². The maximum atomic E-state index is 11.8. The Morgan fingerprint density at radius 1 is 1.07 bits per heavy atom. The number of thioether (sulfide) groups is 2. The largest absolute Gasteiger partial charge is 0.287 e. The maximum Gasteiger partial charge on any atom is 0.193 e. The Kier molecular flexibility index (Phi) is 5.76. The van der Waals surface area contributed by atoms with Gasteiger partial charge in [-0.05, 0) is 0 Å². The highest BCUT2D eigenvalue weighted by Crippen LogP contribution is 2.31. The summed E-state index contributed by atoms with van der Waals surface area (Å²) in [6.45, 7) is 14.8. The predicted molar refractivity (Wildman–Crippen MR) is 73.7 cm³/mol. The van der Waals surface area contributed by atoms with Crippen LogP contribution in [0.3, 0.4) is 0 Å². The van der Waals surface area contributed by atoms with E-state index in [9.17, 15) is 4.79 Å². The van der Waals surface area contributed by atoms with Crippen LogP contribution in [-0.4, -0.2) is 20.4 Å². The monoisotopic (exact) mass is 248 g/mol. The van der Waals surface area contributed by atoms with Crippen LogP contribution in [0.5, 0.6) is 0 Å². The van der Waals surface area contributed by atoms with E-state index in [1.54, 1.807) is 0 Å². The number of rotatable bonds is 3. The first-order valence-electron chi connectivity index (χ1n) is 5.38. The molecule has 0 saturated heterocycles. The number of hydrogen-bond donors (Lipinski definition) is 0. The molecule has 15 heavy (non-hydrogen) atoms. The van der Waals surface area contributed by atoms with E-state index in [2.05, 4.69) is 41.5 Å². The molecule has 1 atom stereocenters. The van der Waals surface area contributed by atoms with E-state index >= 15 is 0 Å². The van der Waals surface area contributed by atoms with Crippen molar-refractivity contribution in [2.45, 2.75) is 58.0 Å². The lowest BCUT2D eigenvalue weighted by Gasteiger charge is -2.22. The molecule has 0 radical (unpaired) electrons. The van der Waals surface area contributed by atoms with E-state index in [1.807, 2.05) is 18.7 Å². The summed E-state index contributed by atoms with van der Waals surface area (Å²) in [5.41, 5.74) is 0. The fourth-order valence-electron chi connectivity index (χ4n) is 0.845. The van der Waals surface area contributed by atoms with Crippen LogP contribution in [0.25, 0.3) is 0 Å². The van der Waals surface area contributed by atoms with Crippen LogP contribution in [-0.2, 0) is 4.79 Å². The molecule has 0 aromatic heterocycles. The van der Waals surface area contributed by atoms with E-state index in [0.717, 1.165) is 5.75 Å². The summed E-state index contributed by atoms with van der Waals surface area (Å²) >= 11 is 3.33. The zero-order valence-electron chi connectivity index (χ0n) is 11.0. The van der Waals surface area contributed by atoms with Gasteiger partial charge in [0.05, 0.1) is 0 Å². The zero-order chi connectivity index (χ0) is 12.3. The molecule has 0 N–H and O–H groups in total. The first-order chi connectivity index (χ1) is 6.51. The van der Waals surface area contributed by atoms with Gasteiger partial charge in [-0.3, -0.25) is 4.79 Å². The highest BCUT2D eigenvalue weighted by molar-refractivity contribution is 8.14. The topological polar surface area (TPSA) is 17.1 Å². The summed E-state index contributed by atoms with van der Waals surface area (Å²) < 4.78 is 0.290. The van der Waals surface area contributed by atoms with Crippen molar-refractivity contribution in [3.05, 3.63) is 0 Å². The number of carbonyl (C=O) groups is 1. The first kappa shape index (κ1) is 15.4. The van der Waals surface area contributed by atoms with Gasteiger partial charge < -0.3 is 0 Å². The maximum absolute atomic E-state index is 11.8. The molecule has 0 aromatic carbocycles. The average Bonchev–Trinajstić information content (AvgIpc) is 1.95. The Labute approximate surface area is 103 Å². The van der Waals surface area contributed by atoms with Gasteiger partial charge in [-0.15, -0.1) is 0 Å². The molecule has 1 unspecified atom stereocenters. The molecule has 0 fully saturated rings. The summed E-state index contributed by atoms with van der Waals surface area (Å²) in [7, 11) is 0. The summed E-state index contributed by atoms with van der Waals surface area (Å²) in [5.74, 6) is 1.07. The molecule has 0 amide bonds. The second-order valence-electron chi connectivity index (χ2n) is 5.86.